The molecule has 1 atom stereocenters. The summed E-state index contributed by atoms with van der Waals surface area (Å²) < 4.78 is 3.26. The van der Waals surface area contributed by atoms with E-state index in [0.717, 1.165) is 5.92 Å². The van der Waals surface area contributed by atoms with E-state index < -0.39 is 0 Å². The molecule has 50 valence electrons. The van der Waals surface area contributed by atoms with Crippen LogP contribution in [0.25, 0.3) is 0 Å². The van der Waals surface area contributed by atoms with Gasteiger partial charge in [-0.25, -0.2) is 0 Å². The van der Waals surface area contributed by atoms with Crippen LogP contribution in [-0.4, -0.2) is 13.8 Å². The fourth-order valence-electron chi connectivity index (χ4n) is 1.26. The Labute approximate surface area is 59.4 Å². The van der Waals surface area contributed by atoms with Gasteiger partial charge in [0.25, 0.3) is 0 Å². The van der Waals surface area contributed by atoms with Crippen LogP contribution in [0.5, 0.6) is 0 Å². The molecule has 1 heteroatoms. The predicted molar refractivity (Wildman–Crippen MR) is 48.1 cm³/mol. The van der Waals surface area contributed by atoms with Gasteiger partial charge in [-0.15, -0.1) is 0 Å². The maximum atomic E-state index is 2.53. The van der Waals surface area contributed by atoms with Gasteiger partial charge < -0.3 is 0 Å². The first kappa shape index (κ1) is 6.84. The molecule has 1 rings (SSSR count). The van der Waals surface area contributed by atoms with E-state index in [1.165, 1.54) is 6.42 Å². The number of halogens is 1. The number of hydrogen-bond acceptors (Lipinski definition) is 0. The second-order valence-electron chi connectivity index (χ2n) is 2.81. The second kappa shape index (κ2) is 3.04. The summed E-state index contributed by atoms with van der Waals surface area (Å²) in [6.07, 6.45) is 3.06. The Morgan fingerprint density at radius 2 is 2.25 bits per heavy atom. The Morgan fingerprint density at radius 3 is 2.62 bits per heavy atom. The predicted octanol–water partition coefficient (Wildman–Crippen LogP) is 2.55. The van der Waals surface area contributed by atoms with Crippen molar-refractivity contribution < 1.29 is 0 Å². The summed E-state index contributed by atoms with van der Waals surface area (Å²) in [5, 5.41) is 0. The van der Waals surface area contributed by atoms with Gasteiger partial charge in [-0.05, 0) is 0 Å². The van der Waals surface area contributed by atoms with Crippen molar-refractivity contribution >= 4 is 19.8 Å². The molecule has 1 saturated heterocycles. The van der Waals surface area contributed by atoms with Crippen molar-refractivity contribution in [2.75, 3.05) is 13.8 Å². The molecule has 0 N–H and O–H groups in total. The zero-order valence-electron chi connectivity index (χ0n) is 5.78. The zero-order chi connectivity index (χ0) is 5.98. The van der Waals surface area contributed by atoms with Crippen molar-refractivity contribution in [3.8, 4) is 0 Å². The molecule has 0 unspecified atom stereocenters. The Balaban J connectivity index is 2.23. The molecule has 0 radical (unpaired) electrons. The van der Waals surface area contributed by atoms with Gasteiger partial charge in [0.05, 0.1) is 0 Å². The molecule has 0 amide bonds. The first-order valence-corrected chi connectivity index (χ1v) is 8.51. The van der Waals surface area contributed by atoms with Gasteiger partial charge >= 0.3 is 59.3 Å². The van der Waals surface area contributed by atoms with Crippen molar-refractivity contribution in [2.45, 2.75) is 19.8 Å². The van der Waals surface area contributed by atoms with Gasteiger partial charge in [0, 0.05) is 0 Å². The Kier molecular flexibility index (Phi) is 2.60. The van der Waals surface area contributed by atoms with Crippen molar-refractivity contribution in [2.24, 2.45) is 5.92 Å². The molecule has 0 aromatic carbocycles. The molecule has 1 aliphatic rings. The maximum absolute atomic E-state index is 2.53. The summed E-state index contributed by atoms with van der Waals surface area (Å²) in [5.74, 6) is 1.08. The monoisotopic (exact) mass is 226 g/mol. The molecule has 0 saturated carbocycles. The van der Waals surface area contributed by atoms with Crippen LogP contribution in [0.2, 0.25) is 0 Å². The van der Waals surface area contributed by atoms with Crippen molar-refractivity contribution in [3.05, 3.63) is 0 Å². The summed E-state index contributed by atoms with van der Waals surface area (Å²) in [4.78, 5) is 2.53. The standard InChI is InChI=1S/C7H15I/c1-7-4-3-5-8(2)6-7/h7H,3-6H2,1-2H3/t7-/m0/s1. The quantitative estimate of drug-likeness (QED) is 0.440. The van der Waals surface area contributed by atoms with E-state index in [9.17, 15) is 0 Å². The summed E-state index contributed by atoms with van der Waals surface area (Å²) >= 11 is -0.302. The third kappa shape index (κ3) is 1.92. The molecule has 0 aromatic rings. The van der Waals surface area contributed by atoms with E-state index in [0.29, 0.717) is 0 Å². The molecule has 0 aromatic heterocycles. The first-order chi connectivity index (χ1) is 3.79. The first-order valence-electron chi connectivity index (χ1n) is 3.31. The van der Waals surface area contributed by atoms with Crippen molar-refractivity contribution in [1.29, 1.82) is 0 Å². The fourth-order valence-corrected chi connectivity index (χ4v) is 6.45. The zero-order valence-corrected chi connectivity index (χ0v) is 7.94. The van der Waals surface area contributed by atoms with E-state index >= 15 is 0 Å². The third-order valence-corrected chi connectivity index (χ3v) is 7.29. The van der Waals surface area contributed by atoms with Crippen molar-refractivity contribution in [3.63, 3.8) is 0 Å². The summed E-state index contributed by atoms with van der Waals surface area (Å²) in [7, 11) is 0. The van der Waals surface area contributed by atoms with Gasteiger partial charge in [0.2, 0.25) is 0 Å². The van der Waals surface area contributed by atoms with Gasteiger partial charge in [0.15, 0.2) is 0 Å². The molecule has 0 bridgehead atoms. The van der Waals surface area contributed by atoms with Gasteiger partial charge in [-0.2, -0.15) is 0 Å². The third-order valence-electron chi connectivity index (χ3n) is 1.68. The SMILES string of the molecule is C[C@H]1CCCI(C)C1. The number of hydrogen-bond donors (Lipinski definition) is 0. The Hall–Kier alpha value is 0.730. The van der Waals surface area contributed by atoms with Crippen LogP contribution in [0, 0.1) is 5.92 Å². The minimum absolute atomic E-state index is 0.302. The van der Waals surface area contributed by atoms with E-state index in [1.54, 1.807) is 15.3 Å². The van der Waals surface area contributed by atoms with Gasteiger partial charge in [0.1, 0.15) is 0 Å². The van der Waals surface area contributed by atoms with Crippen LogP contribution in [-0.2, 0) is 0 Å². The van der Waals surface area contributed by atoms with Crippen LogP contribution in [0.1, 0.15) is 19.8 Å². The summed E-state index contributed by atoms with van der Waals surface area (Å²) in [5.41, 5.74) is 0. The fraction of sp³-hybridized carbons (Fsp3) is 1.00. The molecular weight excluding hydrogens is 211 g/mol. The van der Waals surface area contributed by atoms with E-state index in [2.05, 4.69) is 11.9 Å². The molecular formula is C7H15I. The molecule has 1 heterocycles. The average Bonchev–Trinajstić information content (AvgIpc) is 1.64. The van der Waals surface area contributed by atoms with Crippen molar-refractivity contribution in [1.82, 2.24) is 0 Å². The Morgan fingerprint density at radius 1 is 1.50 bits per heavy atom. The van der Waals surface area contributed by atoms with Gasteiger partial charge in [-0.3, -0.25) is 0 Å². The number of alkyl halides is 3. The van der Waals surface area contributed by atoms with Crippen LogP contribution in [0.4, 0.5) is 0 Å². The normalized spacial score (nSPS) is 35.2. The van der Waals surface area contributed by atoms with Crippen LogP contribution < -0.4 is 0 Å². The molecule has 1 fully saturated rings. The molecule has 0 aliphatic carbocycles. The van der Waals surface area contributed by atoms with E-state index in [-0.39, 0.29) is 19.8 Å². The number of rotatable bonds is 0. The van der Waals surface area contributed by atoms with Crippen LogP contribution in [0.15, 0.2) is 0 Å². The second-order valence-corrected chi connectivity index (χ2v) is 8.90. The Bertz CT molecular complexity index is 62.8. The van der Waals surface area contributed by atoms with Gasteiger partial charge in [-0.1, -0.05) is 0 Å². The molecule has 0 nitrogen and oxygen atoms in total. The van der Waals surface area contributed by atoms with Crippen LogP contribution in [0.3, 0.4) is 0 Å². The minimum atomic E-state index is -0.302. The van der Waals surface area contributed by atoms with E-state index in [4.69, 9.17) is 0 Å². The van der Waals surface area contributed by atoms with Crippen LogP contribution >= 0.6 is 19.8 Å². The molecule has 0 spiro atoms. The molecule has 1 aliphatic heterocycles. The molecule has 8 heavy (non-hydrogen) atoms. The topological polar surface area (TPSA) is 0 Å². The van der Waals surface area contributed by atoms with E-state index in [1.807, 2.05) is 0 Å². The average molecular weight is 226 g/mol. The summed E-state index contributed by atoms with van der Waals surface area (Å²) in [6.45, 7) is 2.41. The summed E-state index contributed by atoms with van der Waals surface area (Å²) in [6, 6.07) is 0.